The van der Waals surface area contributed by atoms with Gasteiger partial charge in [-0.05, 0) is 30.0 Å². The Hall–Kier alpha value is -2.21. The van der Waals surface area contributed by atoms with Crippen LogP contribution in [0.1, 0.15) is 16.3 Å². The van der Waals surface area contributed by atoms with Gasteiger partial charge in [0.1, 0.15) is 4.83 Å². The summed E-state index contributed by atoms with van der Waals surface area (Å²) in [5, 5.41) is 4.98. The molecule has 0 fully saturated rings. The number of hydrogen-bond donors (Lipinski definition) is 1. The molecule has 4 rings (SSSR count). The van der Waals surface area contributed by atoms with E-state index < -0.39 is 0 Å². The first-order valence-electron chi connectivity index (χ1n) is 7.61. The first-order chi connectivity index (χ1) is 12.1. The Balaban J connectivity index is 1.82. The molecule has 0 saturated carbocycles. The lowest BCUT2D eigenvalue weighted by Gasteiger charge is -2.02. The minimum absolute atomic E-state index is 0.172. The molecule has 0 bridgehead atoms. The Morgan fingerprint density at radius 2 is 2.00 bits per heavy atom. The van der Waals surface area contributed by atoms with Gasteiger partial charge in [-0.15, -0.1) is 22.7 Å². The highest BCUT2D eigenvalue weighted by molar-refractivity contribution is 7.17. The Kier molecular flexibility index (Phi) is 4.29. The molecular weight excluding hydrogens is 372 g/mol. The van der Waals surface area contributed by atoms with Gasteiger partial charge in [0.15, 0.2) is 5.82 Å². The first-order valence-corrected chi connectivity index (χ1v) is 9.75. The van der Waals surface area contributed by atoms with Crippen molar-refractivity contribution in [3.63, 3.8) is 0 Å². The van der Waals surface area contributed by atoms with Gasteiger partial charge in [-0.2, -0.15) is 0 Å². The number of benzene rings is 1. The second-order valence-electron chi connectivity index (χ2n) is 5.62. The van der Waals surface area contributed by atoms with Crippen LogP contribution in [0.15, 0.2) is 52.0 Å². The number of fused-ring (bicyclic) bond motifs is 1. The summed E-state index contributed by atoms with van der Waals surface area (Å²) in [5.41, 5.74) is 2.92. The lowest BCUT2D eigenvalue weighted by atomic mass is 10.1. The zero-order valence-electron chi connectivity index (χ0n) is 13.2. The van der Waals surface area contributed by atoms with Crippen molar-refractivity contribution in [3.8, 4) is 11.1 Å². The molecule has 1 N–H and O–H groups in total. The van der Waals surface area contributed by atoms with E-state index >= 15 is 0 Å². The highest BCUT2D eigenvalue weighted by atomic mass is 35.5. The molecule has 3 aromatic heterocycles. The van der Waals surface area contributed by atoms with Crippen LogP contribution in [0, 0.1) is 6.92 Å². The number of rotatable bonds is 3. The Bertz CT molecular complexity index is 1120. The third kappa shape index (κ3) is 3.18. The van der Waals surface area contributed by atoms with Crippen LogP contribution in [-0.4, -0.2) is 9.97 Å². The van der Waals surface area contributed by atoms with Crippen LogP contribution < -0.4 is 5.56 Å². The summed E-state index contributed by atoms with van der Waals surface area (Å²) in [6, 6.07) is 12.0. The highest BCUT2D eigenvalue weighted by Crippen LogP contribution is 2.32. The van der Waals surface area contributed by atoms with Crippen LogP contribution in [0.25, 0.3) is 32.5 Å². The maximum Gasteiger partial charge on any atom is 0.260 e. The molecule has 0 atom stereocenters. The molecule has 3 nitrogen and oxygen atoms in total. The molecule has 4 aromatic rings. The zero-order valence-corrected chi connectivity index (χ0v) is 15.6. The van der Waals surface area contributed by atoms with E-state index in [4.69, 9.17) is 11.6 Å². The van der Waals surface area contributed by atoms with Gasteiger partial charge in [0.05, 0.1) is 10.4 Å². The molecule has 3 heterocycles. The number of aryl methyl sites for hydroxylation is 1. The number of aromatic nitrogens is 2. The zero-order chi connectivity index (χ0) is 17.4. The molecule has 0 aliphatic rings. The fourth-order valence-corrected chi connectivity index (χ4v) is 4.45. The fraction of sp³-hybridized carbons (Fsp3) is 0.0526. The Labute approximate surface area is 157 Å². The summed E-state index contributed by atoms with van der Waals surface area (Å²) in [6.45, 7) is 2.04. The van der Waals surface area contributed by atoms with Crippen molar-refractivity contribution in [1.29, 1.82) is 0 Å². The fourth-order valence-electron chi connectivity index (χ4n) is 2.57. The average molecular weight is 385 g/mol. The maximum absolute atomic E-state index is 12.7. The van der Waals surface area contributed by atoms with Gasteiger partial charge in [0, 0.05) is 15.8 Å². The maximum atomic E-state index is 12.7. The summed E-state index contributed by atoms with van der Waals surface area (Å²) in [6.07, 6.45) is 1.81. The van der Waals surface area contributed by atoms with Crippen molar-refractivity contribution < 1.29 is 0 Å². The topological polar surface area (TPSA) is 45.8 Å². The minimum Gasteiger partial charge on any atom is -0.305 e. The van der Waals surface area contributed by atoms with Gasteiger partial charge in [-0.1, -0.05) is 47.5 Å². The van der Waals surface area contributed by atoms with Crippen LogP contribution in [0.4, 0.5) is 0 Å². The van der Waals surface area contributed by atoms with E-state index in [2.05, 4.69) is 9.97 Å². The normalized spacial score (nSPS) is 12.0. The molecule has 0 spiro atoms. The van der Waals surface area contributed by atoms with E-state index in [9.17, 15) is 4.79 Å². The molecule has 0 aliphatic carbocycles. The molecule has 6 heteroatoms. The van der Waals surface area contributed by atoms with E-state index in [1.807, 2.05) is 60.2 Å². The van der Waals surface area contributed by atoms with Crippen LogP contribution >= 0.6 is 34.3 Å². The minimum atomic E-state index is -0.172. The summed E-state index contributed by atoms with van der Waals surface area (Å²) in [4.78, 5) is 21.7. The number of hydrogen-bond acceptors (Lipinski definition) is 4. The van der Waals surface area contributed by atoms with Crippen LogP contribution in [0.2, 0.25) is 0 Å². The molecule has 0 aliphatic heterocycles. The monoisotopic (exact) mass is 384 g/mol. The van der Waals surface area contributed by atoms with Crippen molar-refractivity contribution in [2.45, 2.75) is 6.92 Å². The Morgan fingerprint density at radius 1 is 1.20 bits per heavy atom. The molecule has 0 unspecified atom stereocenters. The lowest BCUT2D eigenvalue weighted by Crippen LogP contribution is -2.10. The summed E-state index contributed by atoms with van der Waals surface area (Å²) >= 11 is 9.38. The number of aromatic amines is 1. The largest absolute Gasteiger partial charge is 0.305 e. The first kappa shape index (κ1) is 16.3. The standard InChI is InChI=1S/C19H13ClN2OS2/c1-11-4-6-12(7-5-11)14-10-25-19-16(14)18(23)21-17(22-19)15(20)9-13-3-2-8-24-13/h2-10H,1H3,(H,21,22,23)/b15-9-. The molecular formula is C19H13ClN2OS2. The Morgan fingerprint density at radius 3 is 2.72 bits per heavy atom. The van der Waals surface area contributed by atoms with Crippen LogP contribution in [0.5, 0.6) is 0 Å². The van der Waals surface area contributed by atoms with Gasteiger partial charge in [-0.3, -0.25) is 4.79 Å². The predicted molar refractivity (Wildman–Crippen MR) is 108 cm³/mol. The quantitative estimate of drug-likeness (QED) is 0.488. The van der Waals surface area contributed by atoms with Gasteiger partial charge in [0.25, 0.3) is 5.56 Å². The second-order valence-corrected chi connectivity index (χ2v) is 7.86. The summed E-state index contributed by atoms with van der Waals surface area (Å²) in [7, 11) is 0. The number of halogens is 1. The van der Waals surface area contributed by atoms with Crippen molar-refractivity contribution >= 4 is 55.6 Å². The molecule has 0 radical (unpaired) electrons. The number of nitrogens with one attached hydrogen (secondary N) is 1. The van der Waals surface area contributed by atoms with E-state index in [1.165, 1.54) is 16.9 Å². The molecule has 0 amide bonds. The number of thiophene rings is 2. The third-order valence-electron chi connectivity index (χ3n) is 3.84. The predicted octanol–water partition coefficient (Wildman–Crippen LogP) is 5.76. The van der Waals surface area contributed by atoms with Crippen LogP contribution in [0.3, 0.4) is 0 Å². The van der Waals surface area contributed by atoms with Gasteiger partial charge in [0.2, 0.25) is 0 Å². The average Bonchev–Trinajstić information content (AvgIpc) is 3.25. The molecule has 0 saturated heterocycles. The SMILES string of the molecule is Cc1ccc(-c2csc3nc(/C(Cl)=C/c4cccs4)[nH]c(=O)c23)cc1. The van der Waals surface area contributed by atoms with Gasteiger partial charge in [-0.25, -0.2) is 4.98 Å². The van der Waals surface area contributed by atoms with Gasteiger partial charge < -0.3 is 4.98 Å². The van der Waals surface area contributed by atoms with Crippen molar-refractivity contribution in [2.75, 3.05) is 0 Å². The van der Waals surface area contributed by atoms with E-state index in [0.29, 0.717) is 21.1 Å². The van der Waals surface area contributed by atoms with E-state index in [0.717, 1.165) is 16.0 Å². The van der Waals surface area contributed by atoms with Crippen molar-refractivity contribution in [1.82, 2.24) is 9.97 Å². The lowest BCUT2D eigenvalue weighted by molar-refractivity contribution is 1.14. The van der Waals surface area contributed by atoms with Crippen molar-refractivity contribution in [2.24, 2.45) is 0 Å². The van der Waals surface area contributed by atoms with Gasteiger partial charge >= 0.3 is 0 Å². The number of nitrogens with zero attached hydrogens (tertiary/aromatic N) is 1. The molecule has 124 valence electrons. The van der Waals surface area contributed by atoms with E-state index in [-0.39, 0.29) is 5.56 Å². The summed E-state index contributed by atoms with van der Waals surface area (Å²) < 4.78 is 0. The summed E-state index contributed by atoms with van der Waals surface area (Å²) in [5.74, 6) is 0.393. The number of H-pyrrole nitrogens is 1. The third-order valence-corrected chi connectivity index (χ3v) is 5.82. The molecule has 1 aromatic carbocycles. The highest BCUT2D eigenvalue weighted by Gasteiger charge is 2.14. The van der Waals surface area contributed by atoms with E-state index in [1.54, 1.807) is 11.3 Å². The van der Waals surface area contributed by atoms with Crippen molar-refractivity contribution in [3.05, 3.63) is 73.8 Å². The molecule has 25 heavy (non-hydrogen) atoms. The second kappa shape index (κ2) is 6.59. The smallest absolute Gasteiger partial charge is 0.260 e. The van der Waals surface area contributed by atoms with Crippen LogP contribution in [-0.2, 0) is 0 Å².